The zero-order chi connectivity index (χ0) is 9.80. The van der Waals surface area contributed by atoms with E-state index in [4.69, 9.17) is 0 Å². The Morgan fingerprint density at radius 3 is 2.67 bits per heavy atom. The molecular formula is C11H17ClN2O. The molecule has 0 radical (unpaired) electrons. The summed E-state index contributed by atoms with van der Waals surface area (Å²) in [5.74, 6) is 0. The lowest BCUT2D eigenvalue weighted by Crippen LogP contribution is -2.38. The molecule has 0 bridgehead atoms. The summed E-state index contributed by atoms with van der Waals surface area (Å²) in [4.78, 5) is 3.94. The van der Waals surface area contributed by atoms with Crippen molar-refractivity contribution in [1.82, 2.24) is 10.3 Å². The number of aliphatic hydroxyl groups is 1. The first-order chi connectivity index (χ1) is 6.88. The fourth-order valence-electron chi connectivity index (χ4n) is 1.94. The van der Waals surface area contributed by atoms with Gasteiger partial charge >= 0.3 is 0 Å². The molecule has 2 rings (SSSR count). The number of hydrogen-bond acceptors (Lipinski definition) is 3. The second kappa shape index (κ2) is 6.05. The topological polar surface area (TPSA) is 45.2 Å². The standard InChI is InChI=1S/C11H16N2O.ClH/c14-11(9-4-7-12-8-5-9)10-3-1-2-6-13-10;/h4-5,7-8,10-11,13-14H,1-3,6H2;1H. The molecule has 2 heterocycles. The Morgan fingerprint density at radius 1 is 1.33 bits per heavy atom. The average molecular weight is 229 g/mol. The third-order valence-corrected chi connectivity index (χ3v) is 2.78. The average Bonchev–Trinajstić information content (AvgIpc) is 2.30. The van der Waals surface area contributed by atoms with Crippen molar-refractivity contribution in [3.63, 3.8) is 0 Å². The van der Waals surface area contributed by atoms with Crippen LogP contribution in [0, 0.1) is 0 Å². The summed E-state index contributed by atoms with van der Waals surface area (Å²) >= 11 is 0. The normalized spacial score (nSPS) is 22.9. The molecule has 1 fully saturated rings. The summed E-state index contributed by atoms with van der Waals surface area (Å²) in [7, 11) is 0. The van der Waals surface area contributed by atoms with Crippen LogP contribution in [0.1, 0.15) is 30.9 Å². The smallest absolute Gasteiger partial charge is 0.0944 e. The summed E-state index contributed by atoms with van der Waals surface area (Å²) < 4.78 is 0. The molecule has 0 saturated carbocycles. The maximum absolute atomic E-state index is 10.1. The molecule has 15 heavy (non-hydrogen) atoms. The first kappa shape index (κ1) is 12.4. The highest BCUT2D eigenvalue weighted by Gasteiger charge is 2.21. The SMILES string of the molecule is Cl.OC(c1ccncc1)C1CCCCN1. The first-order valence-corrected chi connectivity index (χ1v) is 5.19. The molecule has 2 unspecified atom stereocenters. The highest BCUT2D eigenvalue weighted by Crippen LogP contribution is 2.21. The van der Waals surface area contributed by atoms with E-state index in [1.807, 2.05) is 12.1 Å². The van der Waals surface area contributed by atoms with E-state index >= 15 is 0 Å². The van der Waals surface area contributed by atoms with Crippen molar-refractivity contribution >= 4 is 12.4 Å². The summed E-state index contributed by atoms with van der Waals surface area (Å²) in [5.41, 5.74) is 0.958. The summed E-state index contributed by atoms with van der Waals surface area (Å²) in [6, 6.07) is 3.97. The van der Waals surface area contributed by atoms with Crippen molar-refractivity contribution in [2.45, 2.75) is 31.4 Å². The van der Waals surface area contributed by atoms with Crippen molar-refractivity contribution < 1.29 is 5.11 Å². The molecule has 4 heteroatoms. The highest BCUT2D eigenvalue weighted by molar-refractivity contribution is 5.85. The minimum Gasteiger partial charge on any atom is -0.387 e. The zero-order valence-electron chi connectivity index (χ0n) is 8.60. The van der Waals surface area contributed by atoms with Crippen LogP contribution in [0.15, 0.2) is 24.5 Å². The highest BCUT2D eigenvalue weighted by atomic mass is 35.5. The van der Waals surface area contributed by atoms with Crippen LogP contribution in [0.25, 0.3) is 0 Å². The maximum atomic E-state index is 10.1. The van der Waals surface area contributed by atoms with Crippen molar-refractivity contribution in [1.29, 1.82) is 0 Å². The van der Waals surface area contributed by atoms with Gasteiger partial charge in [-0.3, -0.25) is 4.98 Å². The van der Waals surface area contributed by atoms with Crippen LogP contribution in [0.5, 0.6) is 0 Å². The second-order valence-corrected chi connectivity index (χ2v) is 3.78. The van der Waals surface area contributed by atoms with E-state index in [1.54, 1.807) is 12.4 Å². The molecule has 1 aliphatic rings. The molecule has 3 nitrogen and oxygen atoms in total. The van der Waals surface area contributed by atoms with Gasteiger partial charge in [-0.05, 0) is 37.1 Å². The largest absolute Gasteiger partial charge is 0.387 e. The van der Waals surface area contributed by atoms with Gasteiger partial charge in [0.2, 0.25) is 0 Å². The number of hydrogen-bond donors (Lipinski definition) is 2. The first-order valence-electron chi connectivity index (χ1n) is 5.19. The van der Waals surface area contributed by atoms with E-state index in [1.165, 1.54) is 12.8 Å². The Bertz CT molecular complexity index is 275. The quantitative estimate of drug-likeness (QED) is 0.810. The van der Waals surface area contributed by atoms with E-state index in [0.29, 0.717) is 0 Å². The fraction of sp³-hybridized carbons (Fsp3) is 0.545. The van der Waals surface area contributed by atoms with Gasteiger partial charge in [0.25, 0.3) is 0 Å². The summed E-state index contributed by atoms with van der Waals surface area (Å²) in [6.07, 6.45) is 6.55. The van der Waals surface area contributed by atoms with Crippen molar-refractivity contribution in [3.8, 4) is 0 Å². The Labute approximate surface area is 96.3 Å². The van der Waals surface area contributed by atoms with Gasteiger partial charge in [-0.1, -0.05) is 6.42 Å². The second-order valence-electron chi connectivity index (χ2n) is 3.78. The number of aliphatic hydroxyl groups excluding tert-OH is 1. The van der Waals surface area contributed by atoms with Crippen molar-refractivity contribution in [2.75, 3.05) is 6.54 Å². The van der Waals surface area contributed by atoms with Crippen LogP contribution in [0.4, 0.5) is 0 Å². The predicted molar refractivity (Wildman–Crippen MR) is 62.1 cm³/mol. The Hall–Kier alpha value is -0.640. The molecule has 1 aromatic heterocycles. The lowest BCUT2D eigenvalue weighted by Gasteiger charge is -2.28. The minimum atomic E-state index is -0.390. The van der Waals surface area contributed by atoms with Gasteiger partial charge in [0, 0.05) is 18.4 Å². The molecule has 2 atom stereocenters. The van der Waals surface area contributed by atoms with E-state index in [0.717, 1.165) is 18.5 Å². The van der Waals surface area contributed by atoms with Crippen molar-refractivity contribution in [2.24, 2.45) is 0 Å². The third kappa shape index (κ3) is 3.16. The predicted octanol–water partition coefficient (Wildman–Crippen LogP) is 1.68. The molecule has 0 amide bonds. The number of halogens is 1. The van der Waals surface area contributed by atoms with Crippen LogP contribution < -0.4 is 5.32 Å². The van der Waals surface area contributed by atoms with Gasteiger partial charge in [0.15, 0.2) is 0 Å². The molecule has 2 N–H and O–H groups in total. The van der Waals surface area contributed by atoms with E-state index in [-0.39, 0.29) is 18.4 Å². The lowest BCUT2D eigenvalue weighted by molar-refractivity contribution is 0.114. The van der Waals surface area contributed by atoms with Crippen LogP contribution >= 0.6 is 12.4 Å². The van der Waals surface area contributed by atoms with Crippen LogP contribution in [-0.2, 0) is 0 Å². The van der Waals surface area contributed by atoms with Crippen LogP contribution in [0.2, 0.25) is 0 Å². The Morgan fingerprint density at radius 2 is 2.07 bits per heavy atom. The van der Waals surface area contributed by atoms with Gasteiger partial charge < -0.3 is 10.4 Å². The van der Waals surface area contributed by atoms with E-state index in [2.05, 4.69) is 10.3 Å². The molecular weight excluding hydrogens is 212 g/mol. The van der Waals surface area contributed by atoms with Crippen LogP contribution in [0.3, 0.4) is 0 Å². The van der Waals surface area contributed by atoms with Crippen molar-refractivity contribution in [3.05, 3.63) is 30.1 Å². The van der Waals surface area contributed by atoms with Gasteiger partial charge in [-0.25, -0.2) is 0 Å². The fourth-order valence-corrected chi connectivity index (χ4v) is 1.94. The third-order valence-electron chi connectivity index (χ3n) is 2.78. The van der Waals surface area contributed by atoms with E-state index in [9.17, 15) is 5.11 Å². The zero-order valence-corrected chi connectivity index (χ0v) is 9.41. The number of rotatable bonds is 2. The van der Waals surface area contributed by atoms with Gasteiger partial charge in [-0.2, -0.15) is 0 Å². The lowest BCUT2D eigenvalue weighted by atomic mass is 9.96. The molecule has 1 saturated heterocycles. The summed E-state index contributed by atoms with van der Waals surface area (Å²) in [6.45, 7) is 1.02. The number of piperidine rings is 1. The Balaban J connectivity index is 0.00000112. The molecule has 0 spiro atoms. The maximum Gasteiger partial charge on any atom is 0.0944 e. The molecule has 84 valence electrons. The minimum absolute atomic E-state index is 0. The number of aromatic nitrogens is 1. The molecule has 0 aromatic carbocycles. The Kier molecular flexibility index (Phi) is 5.02. The monoisotopic (exact) mass is 228 g/mol. The number of nitrogens with zero attached hydrogens (tertiary/aromatic N) is 1. The van der Waals surface area contributed by atoms with Gasteiger partial charge in [0.05, 0.1) is 6.10 Å². The van der Waals surface area contributed by atoms with Crippen LogP contribution in [-0.4, -0.2) is 22.7 Å². The molecule has 1 aromatic rings. The van der Waals surface area contributed by atoms with Gasteiger partial charge in [-0.15, -0.1) is 12.4 Å². The molecule has 1 aliphatic heterocycles. The van der Waals surface area contributed by atoms with E-state index < -0.39 is 6.10 Å². The molecule has 0 aliphatic carbocycles. The summed E-state index contributed by atoms with van der Waals surface area (Å²) in [5, 5.41) is 13.4. The number of nitrogens with one attached hydrogen (secondary N) is 1. The number of pyridine rings is 1. The van der Waals surface area contributed by atoms with Gasteiger partial charge in [0.1, 0.15) is 0 Å².